The predicted octanol–water partition coefficient (Wildman–Crippen LogP) is -1.01. The van der Waals surface area contributed by atoms with Crippen molar-refractivity contribution in [3.8, 4) is 0 Å². The molecule has 0 aromatic rings. The van der Waals surface area contributed by atoms with Gasteiger partial charge in [0.2, 0.25) is 10.0 Å². The Bertz CT molecular complexity index is 527. The molecule has 0 aliphatic carbocycles. The van der Waals surface area contributed by atoms with Crippen molar-refractivity contribution in [3.05, 3.63) is 11.8 Å². The molecular weight excluding hydrogens is 280 g/mol. The predicted molar refractivity (Wildman–Crippen MR) is 62.1 cm³/mol. The van der Waals surface area contributed by atoms with Crippen molar-refractivity contribution in [3.63, 3.8) is 0 Å². The Kier molecular flexibility index (Phi) is 4.18. The van der Waals surface area contributed by atoms with Crippen LogP contribution < -0.4 is 10.2 Å². The van der Waals surface area contributed by atoms with Crippen molar-refractivity contribution in [2.24, 2.45) is 0 Å². The van der Waals surface area contributed by atoms with E-state index in [1.165, 1.54) is 19.9 Å². The number of carboxylic acid groups (broad SMARTS) is 2. The molecular formula is C9H14N2O7S. The second-order valence-electron chi connectivity index (χ2n) is 4.18. The molecule has 1 aliphatic rings. The zero-order valence-electron chi connectivity index (χ0n) is 10.2. The van der Waals surface area contributed by atoms with Crippen molar-refractivity contribution < 1.29 is 33.1 Å². The summed E-state index contributed by atoms with van der Waals surface area (Å²) in [5.74, 6) is -2.70. The molecule has 0 fully saturated rings. The summed E-state index contributed by atoms with van der Waals surface area (Å²) in [6.45, 7) is 2.77. The third kappa shape index (κ3) is 3.43. The smallest absolute Gasteiger partial charge is 0.322 e. The minimum atomic E-state index is -4.19. The van der Waals surface area contributed by atoms with Gasteiger partial charge in [-0.1, -0.05) is 0 Å². The van der Waals surface area contributed by atoms with Gasteiger partial charge in [0.05, 0.1) is 6.42 Å². The van der Waals surface area contributed by atoms with Gasteiger partial charge in [-0.25, -0.2) is 8.42 Å². The molecule has 19 heavy (non-hydrogen) atoms. The molecule has 1 rings (SSSR count). The molecule has 0 bridgehead atoms. The van der Waals surface area contributed by atoms with Gasteiger partial charge in [-0.15, -0.1) is 5.48 Å². The first kappa shape index (κ1) is 15.4. The fourth-order valence-electron chi connectivity index (χ4n) is 1.42. The van der Waals surface area contributed by atoms with Gasteiger partial charge in [-0.3, -0.25) is 9.59 Å². The average molecular weight is 294 g/mol. The van der Waals surface area contributed by atoms with Gasteiger partial charge in [0.1, 0.15) is 11.8 Å². The van der Waals surface area contributed by atoms with E-state index in [1.807, 2.05) is 4.72 Å². The minimum absolute atomic E-state index is 0.304. The van der Waals surface area contributed by atoms with Gasteiger partial charge in [-0.2, -0.15) is 4.72 Å². The maximum absolute atomic E-state index is 12.0. The summed E-state index contributed by atoms with van der Waals surface area (Å²) in [5, 5.41) is 17.4. The highest BCUT2D eigenvalue weighted by molar-refractivity contribution is 7.91. The third-order valence-electron chi connectivity index (χ3n) is 2.43. The van der Waals surface area contributed by atoms with E-state index in [2.05, 4.69) is 5.48 Å². The number of rotatable bonds is 6. The van der Waals surface area contributed by atoms with Gasteiger partial charge in [0.15, 0.2) is 4.87 Å². The number of hydroxylamine groups is 1. The number of carboxylic acids is 2. The summed E-state index contributed by atoms with van der Waals surface area (Å²) < 4.78 is 25.9. The van der Waals surface area contributed by atoms with Crippen molar-refractivity contribution >= 4 is 22.0 Å². The molecule has 0 saturated heterocycles. The molecule has 10 heteroatoms. The first-order valence-electron chi connectivity index (χ1n) is 5.17. The van der Waals surface area contributed by atoms with Crippen LogP contribution >= 0.6 is 0 Å². The Balaban J connectivity index is 2.95. The SMILES string of the molecule is CC1=CC(C)(S(=O)(=O)NC(CC(=O)O)C(=O)O)NO1. The van der Waals surface area contributed by atoms with Crippen LogP contribution in [0.5, 0.6) is 0 Å². The van der Waals surface area contributed by atoms with Crippen LogP contribution in [0.2, 0.25) is 0 Å². The molecule has 2 unspecified atom stereocenters. The van der Waals surface area contributed by atoms with Crippen molar-refractivity contribution in [1.82, 2.24) is 10.2 Å². The van der Waals surface area contributed by atoms with E-state index in [0.29, 0.717) is 5.76 Å². The molecule has 0 spiro atoms. The summed E-state index contributed by atoms with van der Waals surface area (Å²) >= 11 is 0. The summed E-state index contributed by atoms with van der Waals surface area (Å²) in [6.07, 6.45) is 0.378. The number of allylic oxidation sites excluding steroid dienone is 1. The quantitative estimate of drug-likeness (QED) is 0.488. The highest BCUT2D eigenvalue weighted by Gasteiger charge is 2.44. The average Bonchev–Trinajstić information content (AvgIpc) is 2.58. The molecule has 1 aliphatic heterocycles. The Hall–Kier alpha value is -1.65. The molecule has 0 aromatic heterocycles. The fraction of sp³-hybridized carbons (Fsp3) is 0.556. The van der Waals surface area contributed by atoms with Gasteiger partial charge in [0.25, 0.3) is 0 Å². The standard InChI is InChI=1S/C9H14N2O7S/c1-5-4-9(2,11-18-5)19(16,17)10-6(8(14)15)3-7(12)13/h4,6,10-11H,3H2,1-2H3,(H,12,13)(H,14,15). The molecule has 0 radical (unpaired) electrons. The molecule has 9 nitrogen and oxygen atoms in total. The van der Waals surface area contributed by atoms with Gasteiger partial charge in [-0.05, 0) is 19.9 Å². The Morgan fingerprint density at radius 2 is 2.11 bits per heavy atom. The Morgan fingerprint density at radius 1 is 1.53 bits per heavy atom. The number of hydrogen-bond acceptors (Lipinski definition) is 6. The first-order chi connectivity index (χ1) is 8.57. The van der Waals surface area contributed by atoms with E-state index in [4.69, 9.17) is 15.1 Å². The van der Waals surface area contributed by atoms with E-state index in [-0.39, 0.29) is 0 Å². The summed E-state index contributed by atoms with van der Waals surface area (Å²) in [5.41, 5.74) is 2.24. The first-order valence-corrected chi connectivity index (χ1v) is 6.65. The van der Waals surface area contributed by atoms with Crippen molar-refractivity contribution in [2.45, 2.75) is 31.2 Å². The Morgan fingerprint density at radius 3 is 2.47 bits per heavy atom. The topological polar surface area (TPSA) is 142 Å². The lowest BCUT2D eigenvalue weighted by Gasteiger charge is -2.23. The summed E-state index contributed by atoms with van der Waals surface area (Å²) in [6, 6.07) is -1.75. The highest BCUT2D eigenvalue weighted by atomic mass is 32.2. The lowest BCUT2D eigenvalue weighted by molar-refractivity contribution is -0.145. The van der Waals surface area contributed by atoms with Gasteiger partial charge < -0.3 is 15.1 Å². The van der Waals surface area contributed by atoms with E-state index in [0.717, 1.165) is 0 Å². The number of nitrogens with one attached hydrogen (secondary N) is 2. The van der Waals surface area contributed by atoms with Crippen LogP contribution in [0, 0.1) is 0 Å². The normalized spacial score (nSPS) is 24.4. The largest absolute Gasteiger partial charge is 0.481 e. The summed E-state index contributed by atoms with van der Waals surface area (Å²) in [4.78, 5) is 24.5. The monoisotopic (exact) mass is 294 g/mol. The second kappa shape index (κ2) is 5.15. The molecule has 0 amide bonds. The molecule has 4 N–H and O–H groups in total. The maximum atomic E-state index is 12.0. The zero-order chi connectivity index (χ0) is 14.8. The van der Waals surface area contributed by atoms with Crippen LogP contribution in [0.3, 0.4) is 0 Å². The molecule has 0 saturated carbocycles. The third-order valence-corrected chi connectivity index (χ3v) is 4.34. The number of hydrogen-bond donors (Lipinski definition) is 4. The van der Waals surface area contributed by atoms with Crippen LogP contribution in [0.1, 0.15) is 20.3 Å². The molecule has 2 atom stereocenters. The van der Waals surface area contributed by atoms with Crippen LogP contribution in [0.4, 0.5) is 0 Å². The maximum Gasteiger partial charge on any atom is 0.322 e. The van der Waals surface area contributed by atoms with Crippen LogP contribution in [-0.2, 0) is 24.4 Å². The van der Waals surface area contributed by atoms with Crippen LogP contribution in [-0.4, -0.2) is 41.5 Å². The molecule has 1 heterocycles. The number of sulfonamides is 1. The second-order valence-corrected chi connectivity index (χ2v) is 6.27. The van der Waals surface area contributed by atoms with E-state index < -0.39 is 39.3 Å². The van der Waals surface area contributed by atoms with E-state index in [1.54, 1.807) is 0 Å². The number of aliphatic carboxylic acids is 2. The van der Waals surface area contributed by atoms with Gasteiger partial charge in [0, 0.05) is 0 Å². The van der Waals surface area contributed by atoms with Crippen LogP contribution in [0.15, 0.2) is 11.8 Å². The van der Waals surface area contributed by atoms with Crippen molar-refractivity contribution in [2.75, 3.05) is 0 Å². The zero-order valence-corrected chi connectivity index (χ0v) is 11.0. The lowest BCUT2D eigenvalue weighted by Crippen LogP contribution is -2.54. The van der Waals surface area contributed by atoms with Crippen LogP contribution in [0.25, 0.3) is 0 Å². The lowest BCUT2D eigenvalue weighted by atomic mass is 10.2. The fourth-order valence-corrected chi connectivity index (χ4v) is 2.70. The highest BCUT2D eigenvalue weighted by Crippen LogP contribution is 2.23. The Labute approximate surface area is 109 Å². The summed E-state index contributed by atoms with van der Waals surface area (Å²) in [7, 11) is -4.19. The minimum Gasteiger partial charge on any atom is -0.481 e. The molecule has 108 valence electrons. The number of carbonyl (C=O) groups is 2. The van der Waals surface area contributed by atoms with Gasteiger partial charge >= 0.3 is 11.9 Å². The van der Waals surface area contributed by atoms with E-state index >= 15 is 0 Å². The van der Waals surface area contributed by atoms with Crippen molar-refractivity contribution in [1.29, 1.82) is 0 Å². The molecule has 0 aromatic carbocycles. The van der Waals surface area contributed by atoms with E-state index in [9.17, 15) is 18.0 Å².